The molecule has 2 N–H and O–H groups in total. The highest BCUT2D eigenvalue weighted by Crippen LogP contribution is 2.32. The summed E-state index contributed by atoms with van der Waals surface area (Å²) in [6.45, 7) is 1.14. The van der Waals surface area contributed by atoms with E-state index in [1.54, 1.807) is 12.1 Å². The standard InChI is InChI=1S/C13H17N3O2S/c14-8-9-16(10-4-3-5-10)13-11-6-1-2-7-12(11)19(17,18)15-13/h1-2,6-7,10H,3-5,8-9,14H2. The van der Waals surface area contributed by atoms with Crippen molar-refractivity contribution >= 4 is 15.9 Å². The monoisotopic (exact) mass is 279 g/mol. The molecule has 1 aromatic carbocycles. The van der Waals surface area contributed by atoms with Crippen LogP contribution in [0.25, 0.3) is 0 Å². The minimum Gasteiger partial charge on any atom is -0.351 e. The number of hydrogen-bond acceptors (Lipinski definition) is 4. The lowest BCUT2D eigenvalue weighted by molar-refractivity contribution is 0.213. The molecule has 0 aromatic heterocycles. The van der Waals surface area contributed by atoms with Crippen molar-refractivity contribution in [2.45, 2.75) is 30.2 Å². The van der Waals surface area contributed by atoms with Crippen molar-refractivity contribution in [2.75, 3.05) is 13.1 Å². The van der Waals surface area contributed by atoms with Gasteiger partial charge in [-0.25, -0.2) is 0 Å². The quantitative estimate of drug-likeness (QED) is 0.893. The summed E-state index contributed by atoms with van der Waals surface area (Å²) in [7, 11) is -3.53. The molecule has 5 nitrogen and oxygen atoms in total. The van der Waals surface area contributed by atoms with Crippen molar-refractivity contribution in [1.29, 1.82) is 0 Å². The van der Waals surface area contributed by atoms with E-state index in [2.05, 4.69) is 9.30 Å². The maximum atomic E-state index is 12.1. The Labute approximate surface area is 113 Å². The zero-order valence-corrected chi connectivity index (χ0v) is 11.4. The largest absolute Gasteiger partial charge is 0.351 e. The predicted molar refractivity (Wildman–Crippen MR) is 73.6 cm³/mol. The van der Waals surface area contributed by atoms with Crippen LogP contribution < -0.4 is 5.73 Å². The fourth-order valence-electron chi connectivity index (χ4n) is 2.59. The highest BCUT2D eigenvalue weighted by atomic mass is 32.2. The molecule has 1 saturated carbocycles. The van der Waals surface area contributed by atoms with Gasteiger partial charge >= 0.3 is 0 Å². The summed E-state index contributed by atoms with van der Waals surface area (Å²) < 4.78 is 28.1. The van der Waals surface area contributed by atoms with E-state index in [9.17, 15) is 8.42 Å². The highest BCUT2D eigenvalue weighted by molar-refractivity contribution is 7.90. The number of amidine groups is 1. The summed E-state index contributed by atoms with van der Waals surface area (Å²) in [6, 6.07) is 7.38. The number of benzene rings is 1. The maximum absolute atomic E-state index is 12.1. The lowest BCUT2D eigenvalue weighted by Crippen LogP contribution is -2.46. The van der Waals surface area contributed by atoms with Crippen LogP contribution in [-0.4, -0.2) is 38.3 Å². The molecule has 0 bridgehead atoms. The van der Waals surface area contributed by atoms with E-state index in [4.69, 9.17) is 5.73 Å². The molecule has 6 heteroatoms. The van der Waals surface area contributed by atoms with Gasteiger partial charge in [0.15, 0.2) is 5.84 Å². The third kappa shape index (κ3) is 2.04. The molecule has 1 aromatic rings. The van der Waals surface area contributed by atoms with Crippen LogP contribution in [0.2, 0.25) is 0 Å². The summed E-state index contributed by atoms with van der Waals surface area (Å²) in [6.07, 6.45) is 3.36. The third-order valence-corrected chi connectivity index (χ3v) is 5.10. The maximum Gasteiger partial charge on any atom is 0.285 e. The van der Waals surface area contributed by atoms with Crippen LogP contribution >= 0.6 is 0 Å². The molecule has 102 valence electrons. The van der Waals surface area contributed by atoms with Crippen molar-refractivity contribution in [3.63, 3.8) is 0 Å². The smallest absolute Gasteiger partial charge is 0.285 e. The minimum atomic E-state index is -3.53. The second kappa shape index (κ2) is 4.61. The van der Waals surface area contributed by atoms with Gasteiger partial charge in [-0.3, -0.25) is 0 Å². The van der Waals surface area contributed by atoms with Gasteiger partial charge in [-0.2, -0.15) is 8.42 Å². The van der Waals surface area contributed by atoms with Crippen LogP contribution in [0.3, 0.4) is 0 Å². The van der Waals surface area contributed by atoms with Crippen LogP contribution in [-0.2, 0) is 10.0 Å². The molecular weight excluding hydrogens is 262 g/mol. The first kappa shape index (κ1) is 12.6. The second-order valence-electron chi connectivity index (χ2n) is 4.95. The molecule has 1 aliphatic heterocycles. The molecule has 3 rings (SSSR count). The van der Waals surface area contributed by atoms with Gasteiger partial charge in [-0.1, -0.05) is 12.1 Å². The molecule has 19 heavy (non-hydrogen) atoms. The van der Waals surface area contributed by atoms with Crippen molar-refractivity contribution in [2.24, 2.45) is 10.1 Å². The number of nitrogens with two attached hydrogens (primary N) is 1. The molecule has 2 aliphatic rings. The Bertz CT molecular complexity index is 621. The Kier molecular flexibility index (Phi) is 3.06. The number of sulfonamides is 1. The lowest BCUT2D eigenvalue weighted by Gasteiger charge is -2.38. The Morgan fingerprint density at radius 1 is 1.32 bits per heavy atom. The van der Waals surface area contributed by atoms with Gasteiger partial charge in [-0.15, -0.1) is 4.40 Å². The van der Waals surface area contributed by atoms with Crippen LogP contribution in [0.15, 0.2) is 33.6 Å². The summed E-state index contributed by atoms with van der Waals surface area (Å²) >= 11 is 0. The van der Waals surface area contributed by atoms with Gasteiger partial charge in [0, 0.05) is 24.7 Å². The first-order chi connectivity index (χ1) is 9.13. The van der Waals surface area contributed by atoms with Crippen molar-refractivity contribution in [1.82, 2.24) is 4.90 Å². The van der Waals surface area contributed by atoms with E-state index in [0.717, 1.165) is 12.8 Å². The second-order valence-corrected chi connectivity index (χ2v) is 6.53. The normalized spacial score (nSPS) is 20.6. The molecule has 0 unspecified atom stereocenters. The molecule has 1 fully saturated rings. The van der Waals surface area contributed by atoms with Gasteiger partial charge < -0.3 is 10.6 Å². The zero-order valence-electron chi connectivity index (χ0n) is 10.6. The summed E-state index contributed by atoms with van der Waals surface area (Å²) in [5, 5.41) is 0. The number of fused-ring (bicyclic) bond motifs is 1. The molecule has 0 atom stereocenters. The van der Waals surface area contributed by atoms with E-state index in [1.807, 2.05) is 12.1 Å². The van der Waals surface area contributed by atoms with Crippen molar-refractivity contribution in [3.05, 3.63) is 29.8 Å². The Morgan fingerprint density at radius 3 is 2.68 bits per heavy atom. The summed E-state index contributed by atoms with van der Waals surface area (Å²) in [5.74, 6) is 0.575. The zero-order chi connectivity index (χ0) is 13.5. The lowest BCUT2D eigenvalue weighted by atomic mass is 9.91. The van der Waals surface area contributed by atoms with Crippen LogP contribution in [0.4, 0.5) is 0 Å². The van der Waals surface area contributed by atoms with Crippen molar-refractivity contribution < 1.29 is 8.42 Å². The fraction of sp³-hybridized carbons (Fsp3) is 0.462. The molecule has 0 radical (unpaired) electrons. The van der Waals surface area contributed by atoms with E-state index in [1.165, 1.54) is 6.42 Å². The van der Waals surface area contributed by atoms with E-state index < -0.39 is 10.0 Å². The molecule has 0 amide bonds. The van der Waals surface area contributed by atoms with Gasteiger partial charge in [0.05, 0.1) is 0 Å². The van der Waals surface area contributed by atoms with Gasteiger partial charge in [0.25, 0.3) is 10.0 Å². The van der Waals surface area contributed by atoms with Crippen molar-refractivity contribution in [3.8, 4) is 0 Å². The predicted octanol–water partition coefficient (Wildman–Crippen LogP) is 0.949. The molecule has 1 heterocycles. The fourth-order valence-corrected chi connectivity index (χ4v) is 3.81. The Morgan fingerprint density at radius 2 is 2.05 bits per heavy atom. The Balaban J connectivity index is 2.04. The number of rotatable bonds is 3. The van der Waals surface area contributed by atoms with E-state index >= 15 is 0 Å². The Hall–Kier alpha value is -1.40. The SMILES string of the molecule is NCCN(C1=NS(=O)(=O)c2ccccc21)C1CCC1. The molecular formula is C13H17N3O2S. The van der Waals surface area contributed by atoms with E-state index in [0.29, 0.717) is 35.4 Å². The van der Waals surface area contributed by atoms with Crippen LogP contribution in [0.5, 0.6) is 0 Å². The number of hydrogen-bond donors (Lipinski definition) is 1. The summed E-state index contributed by atoms with van der Waals surface area (Å²) in [5.41, 5.74) is 6.37. The molecule has 0 spiro atoms. The highest BCUT2D eigenvalue weighted by Gasteiger charge is 2.35. The van der Waals surface area contributed by atoms with Gasteiger partial charge in [0.2, 0.25) is 0 Å². The average molecular weight is 279 g/mol. The average Bonchev–Trinajstić information content (AvgIpc) is 2.60. The topological polar surface area (TPSA) is 75.8 Å². The molecule has 0 saturated heterocycles. The van der Waals surface area contributed by atoms with Crippen LogP contribution in [0.1, 0.15) is 24.8 Å². The van der Waals surface area contributed by atoms with Gasteiger partial charge in [-0.05, 0) is 31.4 Å². The van der Waals surface area contributed by atoms with E-state index in [-0.39, 0.29) is 0 Å². The minimum absolute atomic E-state index is 0.311. The first-order valence-electron chi connectivity index (χ1n) is 6.54. The molecule has 1 aliphatic carbocycles. The first-order valence-corrected chi connectivity index (χ1v) is 7.98. The summed E-state index contributed by atoms with van der Waals surface area (Å²) in [4.78, 5) is 2.37. The number of nitrogens with zero attached hydrogens (tertiary/aromatic N) is 2. The third-order valence-electron chi connectivity index (χ3n) is 3.77. The van der Waals surface area contributed by atoms with Crippen LogP contribution in [0, 0.1) is 0 Å². The van der Waals surface area contributed by atoms with Gasteiger partial charge in [0.1, 0.15) is 4.90 Å².